The van der Waals surface area contributed by atoms with Gasteiger partial charge in [0.05, 0.1) is 13.2 Å². The van der Waals surface area contributed by atoms with Gasteiger partial charge in [-0.3, -0.25) is 0 Å². The Labute approximate surface area is 146 Å². The Morgan fingerprint density at radius 3 is 2.56 bits per heavy atom. The Kier molecular flexibility index (Phi) is 4.11. The van der Waals surface area contributed by atoms with Gasteiger partial charge in [0.25, 0.3) is 0 Å². The van der Waals surface area contributed by atoms with Crippen molar-refractivity contribution >= 4 is 0 Å². The van der Waals surface area contributed by atoms with Gasteiger partial charge in [0.2, 0.25) is 11.7 Å². The molecule has 0 radical (unpaired) electrons. The molecule has 0 atom stereocenters. The quantitative estimate of drug-likeness (QED) is 0.750. The van der Waals surface area contributed by atoms with E-state index < -0.39 is 0 Å². The van der Waals surface area contributed by atoms with E-state index in [9.17, 15) is 5.11 Å². The Hall–Kier alpha value is -2.50. The number of benzene rings is 2. The summed E-state index contributed by atoms with van der Waals surface area (Å²) >= 11 is 0. The standard InChI is InChI=1S/C20H21N3O2/c1-14-5-4-8-15(9-14)19-22-18(25-23-19)12-21-20(13-24)10-16-6-2-3-7-17(16)11-20/h2-9,21,24H,10-13H2,1H3. The van der Waals surface area contributed by atoms with Gasteiger partial charge in [0.15, 0.2) is 0 Å². The second-order valence-corrected chi connectivity index (χ2v) is 6.80. The minimum Gasteiger partial charge on any atom is -0.394 e. The molecule has 0 saturated carbocycles. The molecule has 0 unspecified atom stereocenters. The first-order valence-corrected chi connectivity index (χ1v) is 8.50. The number of nitrogens with one attached hydrogen (secondary N) is 1. The van der Waals surface area contributed by atoms with Crippen LogP contribution in [0.5, 0.6) is 0 Å². The first-order chi connectivity index (χ1) is 12.2. The van der Waals surface area contributed by atoms with E-state index in [-0.39, 0.29) is 12.1 Å². The molecule has 1 heterocycles. The Morgan fingerprint density at radius 2 is 1.88 bits per heavy atom. The summed E-state index contributed by atoms with van der Waals surface area (Å²) in [6.07, 6.45) is 1.61. The van der Waals surface area contributed by atoms with Gasteiger partial charge < -0.3 is 14.9 Å². The summed E-state index contributed by atoms with van der Waals surface area (Å²) in [5, 5.41) is 17.5. The first-order valence-electron chi connectivity index (χ1n) is 8.50. The molecule has 25 heavy (non-hydrogen) atoms. The van der Waals surface area contributed by atoms with Crippen molar-refractivity contribution in [2.75, 3.05) is 6.61 Å². The van der Waals surface area contributed by atoms with Crippen LogP contribution in [-0.4, -0.2) is 27.4 Å². The molecule has 0 bridgehead atoms. The zero-order valence-electron chi connectivity index (χ0n) is 14.2. The lowest BCUT2D eigenvalue weighted by atomic mass is 9.97. The molecule has 0 saturated heterocycles. The molecule has 2 N–H and O–H groups in total. The molecule has 0 amide bonds. The van der Waals surface area contributed by atoms with E-state index >= 15 is 0 Å². The van der Waals surface area contributed by atoms with Gasteiger partial charge in [-0.2, -0.15) is 4.98 Å². The number of aryl methyl sites for hydroxylation is 1. The van der Waals surface area contributed by atoms with Crippen molar-refractivity contribution in [1.29, 1.82) is 0 Å². The first kappa shape index (κ1) is 16.0. The smallest absolute Gasteiger partial charge is 0.240 e. The van der Waals surface area contributed by atoms with Gasteiger partial charge in [0, 0.05) is 11.1 Å². The predicted octanol–water partition coefficient (Wildman–Crippen LogP) is 2.66. The molecule has 2 aromatic carbocycles. The lowest BCUT2D eigenvalue weighted by molar-refractivity contribution is 0.161. The fourth-order valence-electron chi connectivity index (χ4n) is 3.48. The van der Waals surface area contributed by atoms with Gasteiger partial charge in [-0.15, -0.1) is 0 Å². The maximum atomic E-state index is 9.95. The van der Waals surface area contributed by atoms with Crippen LogP contribution >= 0.6 is 0 Å². The molecule has 1 aromatic heterocycles. The molecule has 1 aliphatic carbocycles. The maximum absolute atomic E-state index is 9.95. The number of rotatable bonds is 5. The van der Waals surface area contributed by atoms with Crippen LogP contribution in [0, 0.1) is 6.92 Å². The molecular formula is C20H21N3O2. The van der Waals surface area contributed by atoms with Gasteiger partial charge >= 0.3 is 0 Å². The molecule has 1 aliphatic rings. The minimum absolute atomic E-state index is 0.0700. The SMILES string of the molecule is Cc1cccc(-c2noc(CNC3(CO)Cc4ccccc4C3)n2)c1. The highest BCUT2D eigenvalue weighted by Gasteiger charge is 2.36. The fourth-order valence-corrected chi connectivity index (χ4v) is 3.48. The van der Waals surface area contributed by atoms with Crippen LogP contribution < -0.4 is 5.32 Å². The average Bonchev–Trinajstić information content (AvgIpc) is 3.25. The van der Waals surface area contributed by atoms with Crippen molar-refractivity contribution in [1.82, 2.24) is 15.5 Å². The highest BCUT2D eigenvalue weighted by atomic mass is 16.5. The summed E-state index contributed by atoms with van der Waals surface area (Å²) in [7, 11) is 0. The summed E-state index contributed by atoms with van der Waals surface area (Å²) in [5.41, 5.74) is 4.32. The zero-order chi connectivity index (χ0) is 17.3. The lowest BCUT2D eigenvalue weighted by Gasteiger charge is -2.27. The van der Waals surface area contributed by atoms with Crippen molar-refractivity contribution < 1.29 is 9.63 Å². The average molecular weight is 335 g/mol. The van der Waals surface area contributed by atoms with Crippen molar-refractivity contribution in [3.63, 3.8) is 0 Å². The van der Waals surface area contributed by atoms with Crippen molar-refractivity contribution in [2.24, 2.45) is 0 Å². The van der Waals surface area contributed by atoms with Crippen molar-refractivity contribution in [3.05, 3.63) is 71.1 Å². The van der Waals surface area contributed by atoms with E-state index in [1.54, 1.807) is 0 Å². The third kappa shape index (κ3) is 3.21. The molecule has 5 heteroatoms. The molecule has 128 valence electrons. The minimum atomic E-state index is -0.359. The van der Waals surface area contributed by atoms with E-state index in [4.69, 9.17) is 4.52 Å². The highest BCUT2D eigenvalue weighted by Crippen LogP contribution is 2.30. The van der Waals surface area contributed by atoms with E-state index in [2.05, 4.69) is 27.6 Å². The molecule has 0 fully saturated rings. The summed E-state index contributed by atoms with van der Waals surface area (Å²) in [6.45, 7) is 2.54. The lowest BCUT2D eigenvalue weighted by Crippen LogP contribution is -2.49. The monoisotopic (exact) mass is 335 g/mol. The summed E-state index contributed by atoms with van der Waals surface area (Å²) in [4.78, 5) is 4.48. The summed E-state index contributed by atoms with van der Waals surface area (Å²) in [6, 6.07) is 16.3. The fraction of sp³-hybridized carbons (Fsp3) is 0.300. The molecule has 5 nitrogen and oxygen atoms in total. The van der Waals surface area contributed by atoms with E-state index in [0.717, 1.165) is 24.0 Å². The van der Waals surface area contributed by atoms with Gasteiger partial charge in [0.1, 0.15) is 0 Å². The molecular weight excluding hydrogens is 314 g/mol. The number of nitrogens with zero attached hydrogens (tertiary/aromatic N) is 2. The van der Waals surface area contributed by atoms with Crippen LogP contribution in [0.3, 0.4) is 0 Å². The van der Waals surface area contributed by atoms with Crippen LogP contribution in [0.1, 0.15) is 22.6 Å². The number of hydrogen-bond acceptors (Lipinski definition) is 5. The van der Waals surface area contributed by atoms with Crippen LogP contribution in [0.25, 0.3) is 11.4 Å². The van der Waals surface area contributed by atoms with E-state index in [0.29, 0.717) is 18.3 Å². The van der Waals surface area contributed by atoms with Gasteiger partial charge in [-0.1, -0.05) is 53.2 Å². The molecule has 3 aromatic rings. The van der Waals surface area contributed by atoms with Crippen molar-refractivity contribution in [2.45, 2.75) is 31.8 Å². The van der Waals surface area contributed by atoms with Gasteiger partial charge in [-0.25, -0.2) is 0 Å². The summed E-state index contributed by atoms with van der Waals surface area (Å²) in [5.74, 6) is 1.12. The van der Waals surface area contributed by atoms with Crippen LogP contribution in [-0.2, 0) is 19.4 Å². The molecule has 0 spiro atoms. The number of fused-ring (bicyclic) bond motifs is 1. The predicted molar refractivity (Wildman–Crippen MR) is 95.0 cm³/mol. The largest absolute Gasteiger partial charge is 0.394 e. The van der Waals surface area contributed by atoms with Crippen LogP contribution in [0.4, 0.5) is 0 Å². The number of aliphatic hydroxyl groups excluding tert-OH is 1. The number of hydrogen-bond donors (Lipinski definition) is 2. The normalized spacial score (nSPS) is 15.3. The second-order valence-electron chi connectivity index (χ2n) is 6.80. The van der Waals surface area contributed by atoms with Crippen LogP contribution in [0.15, 0.2) is 53.1 Å². The third-order valence-electron chi connectivity index (χ3n) is 4.84. The second kappa shape index (κ2) is 6.43. The highest BCUT2D eigenvalue weighted by molar-refractivity contribution is 5.55. The zero-order valence-corrected chi connectivity index (χ0v) is 14.2. The number of aliphatic hydroxyl groups is 1. The van der Waals surface area contributed by atoms with Crippen molar-refractivity contribution in [3.8, 4) is 11.4 Å². The van der Waals surface area contributed by atoms with E-state index in [1.807, 2.05) is 43.3 Å². The topological polar surface area (TPSA) is 71.2 Å². The Bertz CT molecular complexity index is 863. The van der Waals surface area contributed by atoms with E-state index in [1.165, 1.54) is 11.1 Å². The number of aromatic nitrogens is 2. The van der Waals surface area contributed by atoms with Crippen LogP contribution in [0.2, 0.25) is 0 Å². The van der Waals surface area contributed by atoms with Gasteiger partial charge in [-0.05, 0) is 37.0 Å². The Morgan fingerprint density at radius 1 is 1.12 bits per heavy atom. The molecule has 0 aliphatic heterocycles. The third-order valence-corrected chi connectivity index (χ3v) is 4.84. The summed E-state index contributed by atoms with van der Waals surface area (Å²) < 4.78 is 5.38. The molecule has 4 rings (SSSR count). The maximum Gasteiger partial charge on any atom is 0.240 e. The Balaban J connectivity index is 1.47.